The van der Waals surface area contributed by atoms with Crippen LogP contribution in [0.3, 0.4) is 0 Å². The lowest BCUT2D eigenvalue weighted by molar-refractivity contribution is -0.121. The number of hydrogen-bond acceptors (Lipinski definition) is 2. The van der Waals surface area contributed by atoms with Crippen molar-refractivity contribution < 1.29 is 4.79 Å². The zero-order valence-electron chi connectivity index (χ0n) is 13.7. The number of Topliss-reactive ketones (excluding diaryl/α,β-unsaturated/α-hetero) is 1. The van der Waals surface area contributed by atoms with Gasteiger partial charge in [0, 0.05) is 18.9 Å². The predicted octanol–water partition coefficient (Wildman–Crippen LogP) is 4.23. The molecule has 1 aromatic carbocycles. The standard InChI is InChI=1S/C20H29NO/c22-19-12-10-18(11-13-19)20(21-15-5-2-6-16-21)14-9-17-7-3-1-4-8-17/h1,3-4,7-8,18,20H,2,5-6,9-16H2. The third-order valence-corrected chi connectivity index (χ3v) is 5.56. The third-order valence-electron chi connectivity index (χ3n) is 5.56. The maximum Gasteiger partial charge on any atom is 0.132 e. The Bertz CT molecular complexity index is 454. The van der Waals surface area contributed by atoms with Gasteiger partial charge in [0.25, 0.3) is 0 Å². The summed E-state index contributed by atoms with van der Waals surface area (Å²) in [5.41, 5.74) is 1.45. The molecular formula is C20H29NO. The zero-order valence-corrected chi connectivity index (χ0v) is 13.7. The van der Waals surface area contributed by atoms with Gasteiger partial charge in [-0.15, -0.1) is 0 Å². The molecule has 2 heteroatoms. The fraction of sp³-hybridized carbons (Fsp3) is 0.650. The zero-order chi connectivity index (χ0) is 15.2. The summed E-state index contributed by atoms with van der Waals surface area (Å²) < 4.78 is 0. The van der Waals surface area contributed by atoms with Crippen LogP contribution in [-0.2, 0) is 11.2 Å². The lowest BCUT2D eigenvalue weighted by atomic mass is 9.80. The van der Waals surface area contributed by atoms with Gasteiger partial charge in [-0.1, -0.05) is 36.8 Å². The van der Waals surface area contributed by atoms with Gasteiger partial charge in [0.15, 0.2) is 0 Å². The minimum atomic E-state index is 0.483. The van der Waals surface area contributed by atoms with Gasteiger partial charge < -0.3 is 4.90 Å². The number of ketones is 1. The van der Waals surface area contributed by atoms with E-state index < -0.39 is 0 Å². The summed E-state index contributed by atoms with van der Waals surface area (Å²) in [6, 6.07) is 11.6. The van der Waals surface area contributed by atoms with Crippen LogP contribution in [0.2, 0.25) is 0 Å². The van der Waals surface area contributed by atoms with Crippen molar-refractivity contribution in [3.05, 3.63) is 35.9 Å². The SMILES string of the molecule is O=C1CCC(C(CCc2ccccc2)N2CCCCC2)CC1. The van der Waals surface area contributed by atoms with E-state index in [1.807, 2.05) is 0 Å². The summed E-state index contributed by atoms with van der Waals surface area (Å²) in [6.07, 6.45) is 10.4. The first-order chi connectivity index (χ1) is 10.8. The second-order valence-corrected chi connectivity index (χ2v) is 7.06. The molecule has 0 radical (unpaired) electrons. The Morgan fingerprint density at radius 1 is 1.00 bits per heavy atom. The molecule has 0 bridgehead atoms. The van der Waals surface area contributed by atoms with Crippen molar-refractivity contribution in [1.29, 1.82) is 0 Å². The maximum atomic E-state index is 11.6. The van der Waals surface area contributed by atoms with E-state index in [1.54, 1.807) is 0 Å². The Balaban J connectivity index is 1.63. The van der Waals surface area contributed by atoms with Crippen molar-refractivity contribution in [2.45, 2.75) is 63.8 Å². The van der Waals surface area contributed by atoms with E-state index in [0.29, 0.717) is 11.8 Å². The van der Waals surface area contributed by atoms with Crippen LogP contribution in [0.4, 0.5) is 0 Å². The molecule has 22 heavy (non-hydrogen) atoms. The Morgan fingerprint density at radius 2 is 1.68 bits per heavy atom. The molecule has 1 saturated carbocycles. The largest absolute Gasteiger partial charge is 0.300 e. The van der Waals surface area contributed by atoms with Crippen molar-refractivity contribution >= 4 is 5.78 Å². The van der Waals surface area contributed by atoms with Crippen LogP contribution < -0.4 is 0 Å². The van der Waals surface area contributed by atoms with Gasteiger partial charge >= 0.3 is 0 Å². The molecule has 1 aliphatic heterocycles. The van der Waals surface area contributed by atoms with Gasteiger partial charge in [0.05, 0.1) is 0 Å². The number of carbonyl (C=O) groups excluding carboxylic acids is 1. The Hall–Kier alpha value is -1.15. The number of hydrogen-bond donors (Lipinski definition) is 0. The van der Waals surface area contributed by atoms with Crippen molar-refractivity contribution in [3.8, 4) is 0 Å². The molecule has 0 N–H and O–H groups in total. The number of carbonyl (C=O) groups is 1. The van der Waals surface area contributed by atoms with Crippen molar-refractivity contribution in [2.75, 3.05) is 13.1 Å². The van der Waals surface area contributed by atoms with Gasteiger partial charge in [0.1, 0.15) is 5.78 Å². The topological polar surface area (TPSA) is 20.3 Å². The molecule has 1 aliphatic carbocycles. The minimum absolute atomic E-state index is 0.483. The minimum Gasteiger partial charge on any atom is -0.300 e. The van der Waals surface area contributed by atoms with Crippen LogP contribution in [0.25, 0.3) is 0 Å². The smallest absolute Gasteiger partial charge is 0.132 e. The highest BCUT2D eigenvalue weighted by atomic mass is 16.1. The molecule has 1 aromatic rings. The third kappa shape index (κ3) is 4.19. The first-order valence-corrected chi connectivity index (χ1v) is 9.12. The number of piperidine rings is 1. The molecule has 3 rings (SSSR count). The summed E-state index contributed by atoms with van der Waals surface area (Å²) in [7, 11) is 0. The van der Waals surface area contributed by atoms with Gasteiger partial charge in [-0.3, -0.25) is 4.79 Å². The Morgan fingerprint density at radius 3 is 2.36 bits per heavy atom. The molecule has 2 fully saturated rings. The van der Waals surface area contributed by atoms with Crippen molar-refractivity contribution in [1.82, 2.24) is 4.90 Å². The summed E-state index contributed by atoms with van der Waals surface area (Å²) in [5.74, 6) is 1.22. The summed E-state index contributed by atoms with van der Waals surface area (Å²) in [5, 5.41) is 0. The number of aryl methyl sites for hydroxylation is 1. The second-order valence-electron chi connectivity index (χ2n) is 7.06. The molecule has 0 spiro atoms. The molecule has 1 atom stereocenters. The molecule has 0 aromatic heterocycles. The quantitative estimate of drug-likeness (QED) is 0.811. The number of rotatable bonds is 5. The molecule has 2 nitrogen and oxygen atoms in total. The number of benzene rings is 1. The number of nitrogens with zero attached hydrogens (tertiary/aromatic N) is 1. The molecule has 1 unspecified atom stereocenters. The molecule has 1 heterocycles. The lowest BCUT2D eigenvalue weighted by Gasteiger charge is -2.40. The average Bonchev–Trinajstić information content (AvgIpc) is 2.58. The monoisotopic (exact) mass is 299 g/mol. The first kappa shape index (κ1) is 15.7. The van der Waals surface area contributed by atoms with Crippen LogP contribution in [-0.4, -0.2) is 29.8 Å². The molecule has 120 valence electrons. The maximum absolute atomic E-state index is 11.6. The van der Waals surface area contributed by atoms with Crippen molar-refractivity contribution in [2.24, 2.45) is 5.92 Å². The fourth-order valence-electron chi connectivity index (χ4n) is 4.27. The number of likely N-dealkylation sites (tertiary alicyclic amines) is 1. The summed E-state index contributed by atoms with van der Waals surface area (Å²) >= 11 is 0. The van der Waals surface area contributed by atoms with E-state index in [-0.39, 0.29) is 0 Å². The Kier molecular flexibility index (Phi) is 5.66. The van der Waals surface area contributed by atoms with Gasteiger partial charge in [0.2, 0.25) is 0 Å². The van der Waals surface area contributed by atoms with Crippen LogP contribution in [0, 0.1) is 5.92 Å². The first-order valence-electron chi connectivity index (χ1n) is 9.12. The highest BCUT2D eigenvalue weighted by Crippen LogP contribution is 2.31. The molecule has 2 aliphatic rings. The van der Waals surface area contributed by atoms with E-state index >= 15 is 0 Å². The van der Waals surface area contributed by atoms with Gasteiger partial charge in [-0.05, 0) is 63.1 Å². The highest BCUT2D eigenvalue weighted by Gasteiger charge is 2.31. The molecule has 1 saturated heterocycles. The van der Waals surface area contributed by atoms with Gasteiger partial charge in [-0.2, -0.15) is 0 Å². The van der Waals surface area contributed by atoms with Crippen molar-refractivity contribution in [3.63, 3.8) is 0 Å². The normalized spacial score (nSPS) is 22.6. The summed E-state index contributed by atoms with van der Waals surface area (Å²) in [4.78, 5) is 14.3. The van der Waals surface area contributed by atoms with E-state index in [0.717, 1.165) is 31.6 Å². The van der Waals surface area contributed by atoms with Crippen LogP contribution in [0.15, 0.2) is 30.3 Å². The fourth-order valence-corrected chi connectivity index (χ4v) is 4.27. The predicted molar refractivity (Wildman–Crippen MR) is 90.9 cm³/mol. The second kappa shape index (κ2) is 7.92. The average molecular weight is 299 g/mol. The van der Waals surface area contributed by atoms with E-state index in [9.17, 15) is 4.79 Å². The van der Waals surface area contributed by atoms with E-state index in [4.69, 9.17) is 0 Å². The molecule has 0 amide bonds. The highest BCUT2D eigenvalue weighted by molar-refractivity contribution is 5.79. The van der Waals surface area contributed by atoms with Crippen LogP contribution >= 0.6 is 0 Å². The molecular weight excluding hydrogens is 270 g/mol. The van der Waals surface area contributed by atoms with Crippen LogP contribution in [0.1, 0.15) is 56.9 Å². The summed E-state index contributed by atoms with van der Waals surface area (Å²) in [6.45, 7) is 2.54. The van der Waals surface area contributed by atoms with E-state index in [2.05, 4.69) is 35.2 Å². The van der Waals surface area contributed by atoms with E-state index in [1.165, 1.54) is 50.8 Å². The van der Waals surface area contributed by atoms with Gasteiger partial charge in [-0.25, -0.2) is 0 Å². The van der Waals surface area contributed by atoms with Crippen LogP contribution in [0.5, 0.6) is 0 Å². The Labute approximate surface area is 134 Å². The lowest BCUT2D eigenvalue weighted by Crippen LogP contribution is -2.45.